The summed E-state index contributed by atoms with van der Waals surface area (Å²) in [6.07, 6.45) is 5.86. The van der Waals surface area contributed by atoms with Crippen molar-refractivity contribution < 1.29 is 0 Å². The van der Waals surface area contributed by atoms with E-state index >= 15 is 0 Å². The predicted molar refractivity (Wildman–Crippen MR) is 72.2 cm³/mol. The van der Waals surface area contributed by atoms with E-state index in [1.165, 1.54) is 30.7 Å². The average Bonchev–Trinajstić information content (AvgIpc) is 2.70. The number of fused-ring (bicyclic) bond motifs is 1. The number of nitrogens with zero attached hydrogens (tertiary/aromatic N) is 2. The van der Waals surface area contributed by atoms with Crippen LogP contribution in [0.5, 0.6) is 0 Å². The van der Waals surface area contributed by atoms with E-state index in [4.69, 9.17) is 4.98 Å². The predicted octanol–water partition coefficient (Wildman–Crippen LogP) is 3.22. The van der Waals surface area contributed by atoms with Crippen LogP contribution in [0.2, 0.25) is 0 Å². The molecular weight excluding hydrogens is 278 g/mol. The lowest BCUT2D eigenvalue weighted by molar-refractivity contribution is 0.405. The fourth-order valence-electron chi connectivity index (χ4n) is 2.59. The van der Waals surface area contributed by atoms with E-state index in [9.17, 15) is 0 Å². The fourth-order valence-corrected chi connectivity index (χ4v) is 3.02. The van der Waals surface area contributed by atoms with Gasteiger partial charge < -0.3 is 9.72 Å². The van der Waals surface area contributed by atoms with Crippen molar-refractivity contribution in [2.24, 2.45) is 0 Å². The summed E-state index contributed by atoms with van der Waals surface area (Å²) in [7, 11) is 0. The number of hydrogen-bond acceptors (Lipinski definition) is 2. The minimum Gasteiger partial charge on any atom is -0.309 e. The van der Waals surface area contributed by atoms with E-state index in [1.807, 2.05) is 12.1 Å². The molecule has 17 heavy (non-hydrogen) atoms. The second-order valence-electron chi connectivity index (χ2n) is 4.63. The first kappa shape index (κ1) is 11.2. The van der Waals surface area contributed by atoms with Gasteiger partial charge in [-0.25, -0.2) is 4.98 Å². The molecule has 1 atom stereocenters. The molecule has 4 heteroatoms. The third-order valence-corrected chi connectivity index (χ3v) is 4.14. The SMILES string of the molecule is Cc1c(C2CCCCN2)nc2c(Br)cccn12. The zero-order chi connectivity index (χ0) is 11.8. The highest BCUT2D eigenvalue weighted by atomic mass is 79.9. The van der Waals surface area contributed by atoms with Gasteiger partial charge in [0.25, 0.3) is 0 Å². The summed E-state index contributed by atoms with van der Waals surface area (Å²) in [5, 5.41) is 3.57. The van der Waals surface area contributed by atoms with Crippen LogP contribution in [0, 0.1) is 6.92 Å². The lowest BCUT2D eigenvalue weighted by Gasteiger charge is -2.22. The first-order chi connectivity index (χ1) is 8.27. The molecule has 1 fully saturated rings. The van der Waals surface area contributed by atoms with Gasteiger partial charge in [-0.3, -0.25) is 0 Å². The molecular formula is C13H16BrN3. The summed E-state index contributed by atoms with van der Waals surface area (Å²) >= 11 is 3.56. The second-order valence-corrected chi connectivity index (χ2v) is 5.49. The molecule has 1 unspecified atom stereocenters. The molecule has 0 aliphatic carbocycles. The number of hydrogen-bond donors (Lipinski definition) is 1. The van der Waals surface area contributed by atoms with Crippen molar-refractivity contribution in [3.8, 4) is 0 Å². The van der Waals surface area contributed by atoms with Gasteiger partial charge in [0, 0.05) is 11.9 Å². The highest BCUT2D eigenvalue weighted by molar-refractivity contribution is 9.10. The molecule has 1 saturated heterocycles. The fraction of sp³-hybridized carbons (Fsp3) is 0.462. The number of rotatable bonds is 1. The third-order valence-electron chi connectivity index (χ3n) is 3.52. The number of imidazole rings is 1. The maximum absolute atomic E-state index is 4.79. The van der Waals surface area contributed by atoms with Gasteiger partial charge >= 0.3 is 0 Å². The van der Waals surface area contributed by atoms with Crippen LogP contribution in [-0.4, -0.2) is 15.9 Å². The summed E-state index contributed by atoms with van der Waals surface area (Å²) in [6.45, 7) is 3.26. The summed E-state index contributed by atoms with van der Waals surface area (Å²) < 4.78 is 3.22. The minimum atomic E-state index is 0.426. The molecule has 1 aliphatic heterocycles. The minimum absolute atomic E-state index is 0.426. The zero-order valence-electron chi connectivity index (χ0n) is 9.91. The second kappa shape index (κ2) is 4.42. The van der Waals surface area contributed by atoms with Crippen molar-refractivity contribution in [2.45, 2.75) is 32.2 Å². The Hall–Kier alpha value is -0.870. The van der Waals surface area contributed by atoms with E-state index in [1.54, 1.807) is 0 Å². The maximum Gasteiger partial charge on any atom is 0.151 e. The molecule has 0 bridgehead atoms. The summed E-state index contributed by atoms with van der Waals surface area (Å²) in [5.41, 5.74) is 3.48. The lowest BCUT2D eigenvalue weighted by atomic mass is 10.0. The number of nitrogens with one attached hydrogen (secondary N) is 1. The number of aromatic nitrogens is 2. The van der Waals surface area contributed by atoms with Crippen molar-refractivity contribution >= 4 is 21.6 Å². The molecule has 0 spiro atoms. The molecule has 0 radical (unpaired) electrons. The van der Waals surface area contributed by atoms with Crippen LogP contribution in [0.3, 0.4) is 0 Å². The van der Waals surface area contributed by atoms with Gasteiger partial charge in [0.05, 0.1) is 16.2 Å². The molecule has 2 aromatic heterocycles. The number of halogens is 1. The van der Waals surface area contributed by atoms with Crippen LogP contribution < -0.4 is 5.32 Å². The number of piperidine rings is 1. The summed E-state index contributed by atoms with van der Waals surface area (Å²) in [4.78, 5) is 4.79. The molecule has 90 valence electrons. The van der Waals surface area contributed by atoms with Crippen LogP contribution in [0.1, 0.15) is 36.7 Å². The monoisotopic (exact) mass is 293 g/mol. The van der Waals surface area contributed by atoms with E-state index in [-0.39, 0.29) is 0 Å². The maximum atomic E-state index is 4.79. The molecule has 0 saturated carbocycles. The van der Waals surface area contributed by atoms with E-state index in [0.717, 1.165) is 16.7 Å². The highest BCUT2D eigenvalue weighted by Crippen LogP contribution is 2.28. The van der Waals surface area contributed by atoms with Gasteiger partial charge in [0.1, 0.15) is 0 Å². The van der Waals surface area contributed by atoms with Gasteiger partial charge in [-0.2, -0.15) is 0 Å². The van der Waals surface area contributed by atoms with Crippen LogP contribution in [0.15, 0.2) is 22.8 Å². The van der Waals surface area contributed by atoms with E-state index in [2.05, 4.69) is 38.8 Å². The Morgan fingerprint density at radius 3 is 3.06 bits per heavy atom. The lowest BCUT2D eigenvalue weighted by Crippen LogP contribution is -2.27. The van der Waals surface area contributed by atoms with Gasteiger partial charge in [0.15, 0.2) is 5.65 Å². The molecule has 3 heterocycles. The first-order valence-electron chi connectivity index (χ1n) is 6.14. The third kappa shape index (κ3) is 1.89. The van der Waals surface area contributed by atoms with Crippen LogP contribution in [0.4, 0.5) is 0 Å². The quantitative estimate of drug-likeness (QED) is 0.875. The van der Waals surface area contributed by atoms with Crippen LogP contribution in [0.25, 0.3) is 5.65 Å². The topological polar surface area (TPSA) is 29.3 Å². The van der Waals surface area contributed by atoms with Crippen molar-refractivity contribution in [1.29, 1.82) is 0 Å². The summed E-state index contributed by atoms with van der Waals surface area (Å²) in [6, 6.07) is 4.51. The van der Waals surface area contributed by atoms with Gasteiger partial charge in [0.2, 0.25) is 0 Å². The van der Waals surface area contributed by atoms with Crippen molar-refractivity contribution in [2.75, 3.05) is 6.54 Å². The van der Waals surface area contributed by atoms with Gasteiger partial charge in [-0.15, -0.1) is 0 Å². The summed E-state index contributed by atoms with van der Waals surface area (Å²) in [5.74, 6) is 0. The van der Waals surface area contributed by atoms with E-state index in [0.29, 0.717) is 6.04 Å². The van der Waals surface area contributed by atoms with Crippen molar-refractivity contribution in [3.63, 3.8) is 0 Å². The number of pyridine rings is 1. The standard InChI is InChI=1S/C13H16BrN3/c1-9-12(11-6-2-3-7-15-11)16-13-10(14)5-4-8-17(9)13/h4-5,8,11,15H,2-3,6-7H2,1H3. The largest absolute Gasteiger partial charge is 0.309 e. The number of aryl methyl sites for hydroxylation is 1. The van der Waals surface area contributed by atoms with Crippen molar-refractivity contribution in [3.05, 3.63) is 34.2 Å². The Morgan fingerprint density at radius 2 is 2.35 bits per heavy atom. The van der Waals surface area contributed by atoms with Gasteiger partial charge in [-0.05, 0) is 54.4 Å². The van der Waals surface area contributed by atoms with E-state index < -0.39 is 0 Å². The average molecular weight is 294 g/mol. The molecule has 0 amide bonds. The molecule has 1 aliphatic rings. The van der Waals surface area contributed by atoms with Gasteiger partial charge in [-0.1, -0.05) is 6.42 Å². The van der Waals surface area contributed by atoms with Crippen LogP contribution >= 0.6 is 15.9 Å². The molecule has 1 N–H and O–H groups in total. The zero-order valence-corrected chi connectivity index (χ0v) is 11.5. The molecule has 3 rings (SSSR count). The molecule has 3 nitrogen and oxygen atoms in total. The Kier molecular flexibility index (Phi) is 2.92. The molecule has 0 aromatic carbocycles. The smallest absolute Gasteiger partial charge is 0.151 e. The Balaban J connectivity index is 2.10. The molecule has 2 aromatic rings. The Morgan fingerprint density at radius 1 is 1.47 bits per heavy atom. The Bertz CT molecular complexity index is 541. The van der Waals surface area contributed by atoms with Crippen molar-refractivity contribution in [1.82, 2.24) is 14.7 Å². The highest BCUT2D eigenvalue weighted by Gasteiger charge is 2.21. The first-order valence-corrected chi connectivity index (χ1v) is 6.93. The normalized spacial score (nSPS) is 20.9. The Labute approximate surface area is 109 Å². The van der Waals surface area contributed by atoms with Crippen LogP contribution in [-0.2, 0) is 0 Å².